The van der Waals surface area contributed by atoms with E-state index in [1.54, 1.807) is 12.1 Å². The zero-order chi connectivity index (χ0) is 17.2. The maximum Gasteiger partial charge on any atom is 0.269 e. The van der Waals surface area contributed by atoms with E-state index in [1.807, 2.05) is 24.3 Å². The summed E-state index contributed by atoms with van der Waals surface area (Å²) in [5.41, 5.74) is 2.22. The Bertz CT molecular complexity index is 694. The lowest BCUT2D eigenvalue weighted by molar-refractivity contribution is -0.384. The molecule has 24 heavy (non-hydrogen) atoms. The molecule has 0 fully saturated rings. The van der Waals surface area contributed by atoms with Crippen molar-refractivity contribution >= 4 is 11.4 Å². The lowest BCUT2D eigenvalue weighted by Crippen LogP contribution is -2.03. The van der Waals surface area contributed by atoms with Crippen LogP contribution in [-0.2, 0) is 6.42 Å². The van der Waals surface area contributed by atoms with E-state index in [-0.39, 0.29) is 5.69 Å². The van der Waals surface area contributed by atoms with Gasteiger partial charge in [-0.3, -0.25) is 10.1 Å². The van der Waals surface area contributed by atoms with Crippen molar-refractivity contribution in [3.05, 3.63) is 82.9 Å². The third kappa shape index (κ3) is 5.68. The van der Waals surface area contributed by atoms with Gasteiger partial charge in [-0.25, -0.2) is 0 Å². The van der Waals surface area contributed by atoms with Crippen molar-refractivity contribution in [2.24, 2.45) is 5.16 Å². The van der Waals surface area contributed by atoms with Gasteiger partial charge < -0.3 is 4.84 Å². The number of aryl methyl sites for hydroxylation is 1. The first kappa shape index (κ1) is 17.4. The molecule has 0 saturated carbocycles. The molecule has 0 bridgehead atoms. The highest BCUT2D eigenvalue weighted by atomic mass is 16.6. The number of nitro benzene ring substituents is 1. The fourth-order valence-electron chi connectivity index (χ4n) is 2.16. The Hall–Kier alpha value is -2.95. The van der Waals surface area contributed by atoms with Crippen molar-refractivity contribution in [2.75, 3.05) is 0 Å². The van der Waals surface area contributed by atoms with Crippen LogP contribution >= 0.6 is 0 Å². The van der Waals surface area contributed by atoms with Gasteiger partial charge in [-0.1, -0.05) is 41.6 Å². The Morgan fingerprint density at radius 3 is 2.46 bits per heavy atom. The molecular weight excluding hydrogens is 304 g/mol. The van der Waals surface area contributed by atoms with E-state index in [4.69, 9.17) is 4.84 Å². The molecule has 0 N–H and O–H groups in total. The molecule has 0 aliphatic rings. The second-order valence-electron chi connectivity index (χ2n) is 5.31. The zero-order valence-corrected chi connectivity index (χ0v) is 13.4. The van der Waals surface area contributed by atoms with Gasteiger partial charge in [-0.15, -0.1) is 6.58 Å². The van der Waals surface area contributed by atoms with Crippen LogP contribution in [0.2, 0.25) is 0 Å². The van der Waals surface area contributed by atoms with Crippen LogP contribution in [0.5, 0.6) is 5.75 Å². The molecule has 2 rings (SSSR count). The van der Waals surface area contributed by atoms with E-state index >= 15 is 0 Å². The van der Waals surface area contributed by atoms with Gasteiger partial charge in [0.15, 0.2) is 5.75 Å². The summed E-state index contributed by atoms with van der Waals surface area (Å²) in [4.78, 5) is 15.6. The molecular formula is C19H20N2O3. The van der Waals surface area contributed by atoms with Crippen molar-refractivity contribution in [1.29, 1.82) is 0 Å². The Balaban J connectivity index is 1.98. The third-order valence-electron chi connectivity index (χ3n) is 3.51. The normalized spacial score (nSPS) is 11.1. The standard InChI is InChI=1S/C19H20N2O3/c1-2-3-9-17(11-10-16-7-5-4-6-8-16)20-24-19-14-12-18(13-15-19)21(22)23/h2,4-8,12-15H,1,3,9-11H2/b20-17+. The first-order chi connectivity index (χ1) is 11.7. The van der Waals surface area contributed by atoms with E-state index in [0.717, 1.165) is 31.4 Å². The highest BCUT2D eigenvalue weighted by molar-refractivity contribution is 5.84. The lowest BCUT2D eigenvalue weighted by Gasteiger charge is -2.06. The number of hydrogen-bond donors (Lipinski definition) is 0. The summed E-state index contributed by atoms with van der Waals surface area (Å²) in [7, 11) is 0. The monoisotopic (exact) mass is 324 g/mol. The average Bonchev–Trinajstić information content (AvgIpc) is 2.62. The van der Waals surface area contributed by atoms with Gasteiger partial charge in [0.1, 0.15) is 0 Å². The summed E-state index contributed by atoms with van der Waals surface area (Å²) in [6, 6.07) is 16.1. The quantitative estimate of drug-likeness (QED) is 0.284. The molecule has 0 radical (unpaired) electrons. The second-order valence-corrected chi connectivity index (χ2v) is 5.31. The first-order valence-electron chi connectivity index (χ1n) is 7.81. The predicted octanol–water partition coefficient (Wildman–Crippen LogP) is 4.93. The number of benzene rings is 2. The fourth-order valence-corrected chi connectivity index (χ4v) is 2.16. The van der Waals surface area contributed by atoms with Crippen LogP contribution in [0.15, 0.2) is 72.4 Å². The van der Waals surface area contributed by atoms with Crippen LogP contribution < -0.4 is 4.84 Å². The minimum atomic E-state index is -0.442. The summed E-state index contributed by atoms with van der Waals surface area (Å²) in [6.07, 6.45) is 5.15. The van der Waals surface area contributed by atoms with Gasteiger partial charge in [-0.05, 0) is 43.4 Å². The molecule has 0 heterocycles. The van der Waals surface area contributed by atoms with Gasteiger partial charge in [0.25, 0.3) is 5.69 Å². The second kappa shape index (κ2) is 9.25. The summed E-state index contributed by atoms with van der Waals surface area (Å²) in [5.74, 6) is 0.483. The molecule has 0 amide bonds. The summed E-state index contributed by atoms with van der Waals surface area (Å²) in [6.45, 7) is 3.74. The number of nitrogens with zero attached hydrogens (tertiary/aromatic N) is 2. The number of nitro groups is 1. The fraction of sp³-hybridized carbons (Fsp3) is 0.211. The van der Waals surface area contributed by atoms with E-state index in [1.165, 1.54) is 17.7 Å². The van der Waals surface area contributed by atoms with E-state index in [9.17, 15) is 10.1 Å². The van der Waals surface area contributed by atoms with Crippen LogP contribution in [0.4, 0.5) is 5.69 Å². The van der Waals surface area contributed by atoms with Gasteiger partial charge >= 0.3 is 0 Å². The molecule has 0 spiro atoms. The Morgan fingerprint density at radius 1 is 1.12 bits per heavy atom. The van der Waals surface area contributed by atoms with Crippen molar-refractivity contribution in [2.45, 2.75) is 25.7 Å². The Kier molecular flexibility index (Phi) is 6.71. The minimum absolute atomic E-state index is 0.0299. The topological polar surface area (TPSA) is 64.7 Å². The zero-order valence-electron chi connectivity index (χ0n) is 13.4. The highest BCUT2D eigenvalue weighted by Gasteiger charge is 2.05. The molecule has 0 aliphatic carbocycles. The van der Waals surface area contributed by atoms with Crippen LogP contribution in [0, 0.1) is 10.1 Å². The minimum Gasteiger partial charge on any atom is -0.357 e. The molecule has 124 valence electrons. The Morgan fingerprint density at radius 2 is 1.83 bits per heavy atom. The van der Waals surface area contributed by atoms with E-state index in [0.29, 0.717) is 5.75 Å². The molecule has 2 aromatic carbocycles. The molecule has 2 aromatic rings. The van der Waals surface area contributed by atoms with Crippen LogP contribution in [-0.4, -0.2) is 10.6 Å². The number of non-ortho nitro benzene ring substituents is 1. The lowest BCUT2D eigenvalue weighted by atomic mass is 10.0. The predicted molar refractivity (Wildman–Crippen MR) is 95.4 cm³/mol. The highest BCUT2D eigenvalue weighted by Crippen LogP contribution is 2.18. The van der Waals surface area contributed by atoms with E-state index < -0.39 is 4.92 Å². The Labute approximate surface area is 141 Å². The van der Waals surface area contributed by atoms with Crippen LogP contribution in [0.1, 0.15) is 24.8 Å². The molecule has 0 unspecified atom stereocenters. The molecule has 0 aliphatic heterocycles. The van der Waals surface area contributed by atoms with E-state index in [2.05, 4.69) is 23.9 Å². The SMILES string of the molecule is C=CCC/C(CCc1ccccc1)=N\Oc1ccc([N+](=O)[O-])cc1. The average molecular weight is 324 g/mol. The molecule has 5 nitrogen and oxygen atoms in total. The molecule has 0 atom stereocenters. The van der Waals surface area contributed by atoms with Crippen LogP contribution in [0.3, 0.4) is 0 Å². The van der Waals surface area contributed by atoms with Crippen LogP contribution in [0.25, 0.3) is 0 Å². The third-order valence-corrected chi connectivity index (χ3v) is 3.51. The first-order valence-corrected chi connectivity index (χ1v) is 7.81. The number of oxime groups is 1. The number of rotatable bonds is 9. The summed E-state index contributed by atoms with van der Waals surface area (Å²) in [5, 5.41) is 14.9. The van der Waals surface area contributed by atoms with Crippen molar-refractivity contribution < 1.29 is 9.76 Å². The number of allylic oxidation sites excluding steroid dienone is 1. The van der Waals surface area contributed by atoms with Crippen molar-refractivity contribution in [1.82, 2.24) is 0 Å². The van der Waals surface area contributed by atoms with Crippen molar-refractivity contribution in [3.63, 3.8) is 0 Å². The van der Waals surface area contributed by atoms with Gasteiger partial charge in [-0.2, -0.15) is 0 Å². The smallest absolute Gasteiger partial charge is 0.269 e. The van der Waals surface area contributed by atoms with Crippen molar-refractivity contribution in [3.8, 4) is 5.75 Å². The molecule has 5 heteroatoms. The van der Waals surface area contributed by atoms with Gasteiger partial charge in [0, 0.05) is 12.1 Å². The van der Waals surface area contributed by atoms with Gasteiger partial charge in [0.2, 0.25) is 0 Å². The molecule has 0 aromatic heterocycles. The number of hydrogen-bond acceptors (Lipinski definition) is 4. The summed E-state index contributed by atoms with van der Waals surface area (Å²) < 4.78 is 0. The largest absolute Gasteiger partial charge is 0.357 e. The molecule has 0 saturated heterocycles. The van der Waals surface area contributed by atoms with Gasteiger partial charge in [0.05, 0.1) is 10.6 Å². The summed E-state index contributed by atoms with van der Waals surface area (Å²) >= 11 is 0. The maximum atomic E-state index is 10.6. The maximum absolute atomic E-state index is 10.6.